The number of carbonyl (C=O) groups excluding carboxylic acids is 1. The number of benzene rings is 2. The molecule has 0 heterocycles. The molecule has 3 N–H and O–H groups in total. The number of rotatable bonds is 2. The summed E-state index contributed by atoms with van der Waals surface area (Å²) in [5, 5.41) is 3.63. The Morgan fingerprint density at radius 1 is 1.11 bits per heavy atom. The molecule has 92 valence electrons. The highest BCUT2D eigenvalue weighted by Gasteiger charge is 2.07. The predicted molar refractivity (Wildman–Crippen MR) is 75.3 cm³/mol. The molecule has 0 aromatic heterocycles. The van der Waals surface area contributed by atoms with Gasteiger partial charge in [-0.2, -0.15) is 0 Å². The summed E-state index contributed by atoms with van der Waals surface area (Å²) in [6, 6.07) is 11.6. The highest BCUT2D eigenvalue weighted by Crippen LogP contribution is 2.23. The Morgan fingerprint density at radius 3 is 2.56 bits per heavy atom. The van der Waals surface area contributed by atoms with Crippen LogP contribution in [0.4, 0.5) is 11.4 Å². The maximum atomic E-state index is 11.9. The van der Waals surface area contributed by atoms with Gasteiger partial charge in [-0.15, -0.1) is 0 Å². The van der Waals surface area contributed by atoms with E-state index in [1.165, 1.54) is 0 Å². The molecule has 0 aliphatic heterocycles. The Morgan fingerprint density at radius 2 is 1.89 bits per heavy atom. The Labute approximate surface area is 115 Å². The third kappa shape index (κ3) is 2.94. The van der Waals surface area contributed by atoms with Crippen LogP contribution in [-0.4, -0.2) is 5.91 Å². The van der Waals surface area contributed by atoms with E-state index in [0.29, 0.717) is 27.0 Å². The molecule has 3 nitrogen and oxygen atoms in total. The first kappa shape index (κ1) is 12.7. The summed E-state index contributed by atoms with van der Waals surface area (Å²) < 4.78 is 0. The van der Waals surface area contributed by atoms with E-state index in [0.717, 1.165) is 0 Å². The van der Waals surface area contributed by atoms with E-state index in [4.69, 9.17) is 28.9 Å². The molecule has 0 aliphatic carbocycles. The molecule has 18 heavy (non-hydrogen) atoms. The molecule has 0 atom stereocenters. The molecular weight excluding hydrogens is 271 g/mol. The van der Waals surface area contributed by atoms with Crippen LogP contribution in [0.15, 0.2) is 42.5 Å². The van der Waals surface area contributed by atoms with Crippen LogP contribution in [0.1, 0.15) is 10.4 Å². The molecule has 2 rings (SSSR count). The van der Waals surface area contributed by atoms with E-state index >= 15 is 0 Å². The summed E-state index contributed by atoms with van der Waals surface area (Å²) >= 11 is 11.7. The van der Waals surface area contributed by atoms with E-state index in [2.05, 4.69) is 5.32 Å². The average Bonchev–Trinajstić information content (AvgIpc) is 2.34. The first-order valence-corrected chi connectivity index (χ1v) is 5.94. The summed E-state index contributed by atoms with van der Waals surface area (Å²) in [5.74, 6) is -0.252. The second kappa shape index (κ2) is 5.29. The largest absolute Gasteiger partial charge is 0.398 e. The minimum absolute atomic E-state index is 0.252. The van der Waals surface area contributed by atoms with Crippen LogP contribution in [0.5, 0.6) is 0 Å². The van der Waals surface area contributed by atoms with Crippen LogP contribution < -0.4 is 11.1 Å². The molecule has 5 heteroatoms. The van der Waals surface area contributed by atoms with Gasteiger partial charge in [-0.1, -0.05) is 29.3 Å². The SMILES string of the molecule is Nc1ccc(NC(=O)c2cccc(Cl)c2)cc1Cl. The van der Waals surface area contributed by atoms with Gasteiger partial charge in [0, 0.05) is 16.3 Å². The summed E-state index contributed by atoms with van der Waals surface area (Å²) in [4.78, 5) is 11.9. The number of nitrogens with one attached hydrogen (secondary N) is 1. The molecule has 0 spiro atoms. The second-order valence-electron chi connectivity index (χ2n) is 3.70. The molecule has 0 aliphatic rings. The summed E-state index contributed by atoms with van der Waals surface area (Å²) in [6.45, 7) is 0. The van der Waals surface area contributed by atoms with Crippen LogP contribution in [0.25, 0.3) is 0 Å². The number of halogens is 2. The highest BCUT2D eigenvalue weighted by atomic mass is 35.5. The van der Waals surface area contributed by atoms with Crippen molar-refractivity contribution in [3.8, 4) is 0 Å². The van der Waals surface area contributed by atoms with Crippen molar-refractivity contribution >= 4 is 40.5 Å². The van der Waals surface area contributed by atoms with E-state index in [1.807, 2.05) is 0 Å². The lowest BCUT2D eigenvalue weighted by Gasteiger charge is -2.07. The number of hydrogen-bond donors (Lipinski definition) is 2. The van der Waals surface area contributed by atoms with Gasteiger partial charge in [-0.3, -0.25) is 4.79 Å². The van der Waals surface area contributed by atoms with Crippen molar-refractivity contribution < 1.29 is 4.79 Å². The first-order valence-electron chi connectivity index (χ1n) is 5.18. The van der Waals surface area contributed by atoms with Crippen LogP contribution in [0.2, 0.25) is 10.0 Å². The van der Waals surface area contributed by atoms with E-state index in [9.17, 15) is 4.79 Å². The van der Waals surface area contributed by atoms with Crippen molar-refractivity contribution in [1.29, 1.82) is 0 Å². The number of hydrogen-bond acceptors (Lipinski definition) is 2. The van der Waals surface area contributed by atoms with Gasteiger partial charge in [0.25, 0.3) is 5.91 Å². The molecule has 0 radical (unpaired) electrons. The Balaban J connectivity index is 2.18. The molecule has 2 aromatic rings. The average molecular weight is 281 g/mol. The molecule has 0 bridgehead atoms. The van der Waals surface area contributed by atoms with Crippen molar-refractivity contribution in [1.82, 2.24) is 0 Å². The zero-order valence-corrected chi connectivity index (χ0v) is 10.8. The lowest BCUT2D eigenvalue weighted by atomic mass is 10.2. The molecule has 1 amide bonds. The maximum absolute atomic E-state index is 11.9. The number of nitrogens with two attached hydrogens (primary N) is 1. The zero-order valence-electron chi connectivity index (χ0n) is 9.28. The van der Waals surface area contributed by atoms with Crippen LogP contribution in [0.3, 0.4) is 0 Å². The van der Waals surface area contributed by atoms with Gasteiger partial charge in [0.2, 0.25) is 0 Å². The van der Waals surface area contributed by atoms with E-state index in [1.54, 1.807) is 42.5 Å². The summed E-state index contributed by atoms with van der Waals surface area (Å²) in [7, 11) is 0. The topological polar surface area (TPSA) is 55.1 Å². The third-order valence-electron chi connectivity index (χ3n) is 2.35. The number of nitrogen functional groups attached to an aromatic ring is 1. The molecule has 0 saturated heterocycles. The van der Waals surface area contributed by atoms with Gasteiger partial charge in [0.05, 0.1) is 10.7 Å². The lowest BCUT2D eigenvalue weighted by molar-refractivity contribution is 0.102. The number of carbonyl (C=O) groups is 1. The predicted octanol–water partition coefficient (Wildman–Crippen LogP) is 3.83. The molecule has 0 saturated carbocycles. The minimum atomic E-state index is -0.252. The van der Waals surface area contributed by atoms with Crippen molar-refractivity contribution in [2.45, 2.75) is 0 Å². The maximum Gasteiger partial charge on any atom is 0.255 e. The van der Waals surface area contributed by atoms with Gasteiger partial charge < -0.3 is 11.1 Å². The van der Waals surface area contributed by atoms with Crippen LogP contribution >= 0.6 is 23.2 Å². The van der Waals surface area contributed by atoms with Gasteiger partial charge in [0.15, 0.2) is 0 Å². The van der Waals surface area contributed by atoms with Gasteiger partial charge >= 0.3 is 0 Å². The minimum Gasteiger partial charge on any atom is -0.398 e. The van der Waals surface area contributed by atoms with Crippen LogP contribution in [0, 0.1) is 0 Å². The summed E-state index contributed by atoms with van der Waals surface area (Å²) in [5.41, 5.74) is 7.12. The number of amides is 1. The fourth-order valence-electron chi connectivity index (χ4n) is 1.44. The highest BCUT2D eigenvalue weighted by molar-refractivity contribution is 6.33. The Bertz CT molecular complexity index is 599. The zero-order chi connectivity index (χ0) is 13.1. The van der Waals surface area contributed by atoms with Crippen molar-refractivity contribution in [2.24, 2.45) is 0 Å². The fourth-order valence-corrected chi connectivity index (χ4v) is 1.81. The quantitative estimate of drug-likeness (QED) is 0.822. The summed E-state index contributed by atoms with van der Waals surface area (Å²) in [6.07, 6.45) is 0. The Hall–Kier alpha value is -1.71. The lowest BCUT2D eigenvalue weighted by Crippen LogP contribution is -2.11. The number of anilines is 2. The molecule has 2 aromatic carbocycles. The van der Waals surface area contributed by atoms with Gasteiger partial charge in [0.1, 0.15) is 0 Å². The molecular formula is C13H10Cl2N2O. The van der Waals surface area contributed by atoms with Gasteiger partial charge in [-0.05, 0) is 36.4 Å². The normalized spacial score (nSPS) is 10.1. The Kier molecular flexibility index (Phi) is 3.75. The first-order chi connectivity index (χ1) is 8.56. The van der Waals surface area contributed by atoms with E-state index in [-0.39, 0.29) is 5.91 Å². The second-order valence-corrected chi connectivity index (χ2v) is 4.54. The smallest absolute Gasteiger partial charge is 0.255 e. The fraction of sp³-hybridized carbons (Fsp3) is 0. The standard InChI is InChI=1S/C13H10Cl2N2O/c14-9-3-1-2-8(6-9)13(18)17-10-4-5-12(16)11(15)7-10/h1-7H,16H2,(H,17,18). The van der Waals surface area contributed by atoms with Gasteiger partial charge in [-0.25, -0.2) is 0 Å². The van der Waals surface area contributed by atoms with Crippen molar-refractivity contribution in [2.75, 3.05) is 11.1 Å². The van der Waals surface area contributed by atoms with Crippen LogP contribution in [-0.2, 0) is 0 Å². The molecule has 0 fully saturated rings. The van der Waals surface area contributed by atoms with Crippen molar-refractivity contribution in [3.63, 3.8) is 0 Å². The van der Waals surface area contributed by atoms with E-state index < -0.39 is 0 Å². The third-order valence-corrected chi connectivity index (χ3v) is 2.91. The monoisotopic (exact) mass is 280 g/mol. The molecule has 0 unspecified atom stereocenters. The van der Waals surface area contributed by atoms with Crippen molar-refractivity contribution in [3.05, 3.63) is 58.1 Å².